The number of rotatable bonds is 3. The molecule has 1 aromatic rings. The Morgan fingerprint density at radius 2 is 1.82 bits per heavy atom. The first kappa shape index (κ1) is 13.9. The molecule has 94 valence electrons. The van der Waals surface area contributed by atoms with E-state index in [1.54, 1.807) is 0 Å². The van der Waals surface area contributed by atoms with Crippen molar-refractivity contribution in [1.29, 1.82) is 0 Å². The van der Waals surface area contributed by atoms with E-state index in [0.717, 1.165) is 5.19 Å². The first-order chi connectivity index (χ1) is 7.77. The molecule has 1 N–H and O–H groups in total. The van der Waals surface area contributed by atoms with Gasteiger partial charge in [0, 0.05) is 6.92 Å². The fourth-order valence-electron chi connectivity index (χ4n) is 1.65. The van der Waals surface area contributed by atoms with Crippen molar-refractivity contribution in [1.82, 2.24) is 0 Å². The molecule has 0 fully saturated rings. The quantitative estimate of drug-likeness (QED) is 0.658. The summed E-state index contributed by atoms with van der Waals surface area (Å²) in [4.78, 5) is 21.9. The van der Waals surface area contributed by atoms with Crippen molar-refractivity contribution >= 4 is 19.5 Å². The predicted octanol–water partition coefficient (Wildman–Crippen LogP) is 1.73. The van der Waals surface area contributed by atoms with Crippen LogP contribution in [0.1, 0.15) is 27.7 Å². The molecule has 0 aliphatic rings. The molecular weight excluding hydrogens is 232 g/mol. The van der Waals surface area contributed by atoms with Gasteiger partial charge in [-0.25, -0.2) is 0 Å². The molecule has 4 heteroatoms. The standard InChI is InChI=1S/C13H20O3Si/c1-11(14)16-10-17(15,13(2,3)4)12-8-6-5-7-9-12/h5-9,15H,10H2,1-4H3. The molecule has 0 amide bonds. The van der Waals surface area contributed by atoms with Crippen molar-refractivity contribution in [3.05, 3.63) is 30.3 Å². The van der Waals surface area contributed by atoms with Crippen LogP contribution < -0.4 is 5.19 Å². The molecule has 0 aliphatic heterocycles. The molecule has 3 nitrogen and oxygen atoms in total. The highest BCUT2D eigenvalue weighted by molar-refractivity contribution is 6.87. The van der Waals surface area contributed by atoms with E-state index in [1.807, 2.05) is 51.1 Å². The summed E-state index contributed by atoms with van der Waals surface area (Å²) in [6.45, 7) is 7.31. The van der Waals surface area contributed by atoms with E-state index in [0.29, 0.717) is 0 Å². The summed E-state index contributed by atoms with van der Waals surface area (Å²) < 4.78 is 5.06. The predicted molar refractivity (Wildman–Crippen MR) is 70.4 cm³/mol. The topological polar surface area (TPSA) is 46.5 Å². The van der Waals surface area contributed by atoms with Crippen LogP contribution in [0.15, 0.2) is 30.3 Å². The smallest absolute Gasteiger partial charge is 0.302 e. The van der Waals surface area contributed by atoms with E-state index in [4.69, 9.17) is 4.74 Å². The molecule has 1 atom stereocenters. The van der Waals surface area contributed by atoms with Crippen LogP contribution in [0.3, 0.4) is 0 Å². The lowest BCUT2D eigenvalue weighted by Gasteiger charge is -2.37. The van der Waals surface area contributed by atoms with Crippen LogP contribution in [0.5, 0.6) is 0 Å². The average Bonchev–Trinajstić information content (AvgIpc) is 2.25. The van der Waals surface area contributed by atoms with Gasteiger partial charge in [-0.15, -0.1) is 0 Å². The van der Waals surface area contributed by atoms with Crippen molar-refractivity contribution in [2.75, 3.05) is 6.23 Å². The second-order valence-corrected chi connectivity index (χ2v) is 9.34. The van der Waals surface area contributed by atoms with Crippen molar-refractivity contribution in [3.63, 3.8) is 0 Å². The molecule has 0 aromatic heterocycles. The molecular formula is C13H20O3Si. The first-order valence-corrected chi connectivity index (χ1v) is 7.84. The number of carbonyl (C=O) groups is 1. The lowest BCUT2D eigenvalue weighted by molar-refractivity contribution is -0.139. The summed E-state index contributed by atoms with van der Waals surface area (Å²) in [6, 6.07) is 9.51. The average molecular weight is 252 g/mol. The van der Waals surface area contributed by atoms with E-state index in [1.165, 1.54) is 6.92 Å². The van der Waals surface area contributed by atoms with E-state index >= 15 is 0 Å². The zero-order chi connectivity index (χ0) is 13.1. The number of hydrogen-bond acceptors (Lipinski definition) is 3. The summed E-state index contributed by atoms with van der Waals surface area (Å²) in [6.07, 6.45) is 0.107. The van der Waals surface area contributed by atoms with Gasteiger partial charge in [0.15, 0.2) is 0 Å². The molecule has 1 aromatic carbocycles. The van der Waals surface area contributed by atoms with Crippen LogP contribution in [-0.2, 0) is 9.53 Å². The van der Waals surface area contributed by atoms with Gasteiger partial charge in [-0.3, -0.25) is 4.79 Å². The normalized spacial score (nSPS) is 15.1. The van der Waals surface area contributed by atoms with Crippen molar-refractivity contribution < 1.29 is 14.3 Å². The molecule has 0 radical (unpaired) electrons. The maximum atomic E-state index is 10.9. The molecule has 0 heterocycles. The van der Waals surface area contributed by atoms with Crippen molar-refractivity contribution in [2.24, 2.45) is 0 Å². The Bertz CT molecular complexity index is 383. The monoisotopic (exact) mass is 252 g/mol. The molecule has 0 aliphatic carbocycles. The van der Waals surface area contributed by atoms with Gasteiger partial charge < -0.3 is 9.53 Å². The van der Waals surface area contributed by atoms with Crippen LogP contribution in [0.25, 0.3) is 0 Å². The van der Waals surface area contributed by atoms with Crippen molar-refractivity contribution in [3.8, 4) is 0 Å². The molecule has 0 saturated heterocycles. The van der Waals surface area contributed by atoms with Gasteiger partial charge in [0.2, 0.25) is 0 Å². The molecule has 1 unspecified atom stereocenters. The van der Waals surface area contributed by atoms with Crippen LogP contribution in [-0.4, -0.2) is 25.3 Å². The SMILES string of the molecule is CC(=O)OC[Si](O)(c1ccccc1)C(C)(C)C. The van der Waals surface area contributed by atoms with Gasteiger partial charge in [-0.1, -0.05) is 51.1 Å². The third-order valence-electron chi connectivity index (χ3n) is 2.98. The highest BCUT2D eigenvalue weighted by Gasteiger charge is 2.46. The van der Waals surface area contributed by atoms with Crippen LogP contribution in [0.2, 0.25) is 5.04 Å². The molecule has 0 spiro atoms. The third kappa shape index (κ3) is 3.17. The minimum Gasteiger partial charge on any atom is -0.466 e. The number of benzene rings is 1. The van der Waals surface area contributed by atoms with Gasteiger partial charge in [0.1, 0.15) is 6.23 Å². The highest BCUT2D eigenvalue weighted by atomic mass is 28.4. The number of ether oxygens (including phenoxy) is 1. The Morgan fingerprint density at radius 1 is 1.29 bits per heavy atom. The fraction of sp³-hybridized carbons (Fsp3) is 0.462. The lowest BCUT2D eigenvalue weighted by Crippen LogP contribution is -2.59. The van der Waals surface area contributed by atoms with E-state index in [2.05, 4.69) is 0 Å². The zero-order valence-electron chi connectivity index (χ0n) is 10.9. The number of carbonyl (C=O) groups excluding carboxylic acids is 1. The van der Waals surface area contributed by atoms with Crippen LogP contribution >= 0.6 is 0 Å². The third-order valence-corrected chi connectivity index (χ3v) is 7.31. The highest BCUT2D eigenvalue weighted by Crippen LogP contribution is 2.33. The van der Waals surface area contributed by atoms with Crippen LogP contribution in [0, 0.1) is 0 Å². The Balaban J connectivity index is 3.07. The van der Waals surface area contributed by atoms with Gasteiger partial charge in [0.05, 0.1) is 0 Å². The Kier molecular flexibility index (Phi) is 4.11. The summed E-state index contributed by atoms with van der Waals surface area (Å²) in [5.74, 6) is -0.351. The second-order valence-electron chi connectivity index (χ2n) is 5.26. The van der Waals surface area contributed by atoms with Gasteiger partial charge in [0.25, 0.3) is 8.32 Å². The first-order valence-electron chi connectivity index (χ1n) is 5.68. The summed E-state index contributed by atoms with van der Waals surface area (Å²) in [5, 5.41) is 0.609. The minimum atomic E-state index is -2.83. The number of hydrogen-bond donors (Lipinski definition) is 1. The lowest BCUT2D eigenvalue weighted by atomic mass is 10.2. The summed E-state index contributed by atoms with van der Waals surface area (Å²) >= 11 is 0. The number of esters is 1. The minimum absolute atomic E-state index is 0.107. The Hall–Kier alpha value is -1.13. The van der Waals surface area contributed by atoms with Crippen LogP contribution in [0.4, 0.5) is 0 Å². The maximum Gasteiger partial charge on any atom is 0.302 e. The summed E-state index contributed by atoms with van der Waals surface area (Å²) in [7, 11) is -2.83. The van der Waals surface area contributed by atoms with Gasteiger partial charge in [-0.05, 0) is 10.2 Å². The van der Waals surface area contributed by atoms with E-state index in [9.17, 15) is 9.59 Å². The molecule has 17 heavy (non-hydrogen) atoms. The zero-order valence-corrected chi connectivity index (χ0v) is 11.9. The summed E-state index contributed by atoms with van der Waals surface area (Å²) in [5.41, 5.74) is 0. The molecule has 0 bridgehead atoms. The fourth-order valence-corrected chi connectivity index (χ4v) is 4.27. The van der Waals surface area contributed by atoms with Crippen molar-refractivity contribution in [2.45, 2.75) is 32.7 Å². The second kappa shape index (κ2) is 5.02. The van der Waals surface area contributed by atoms with Gasteiger partial charge >= 0.3 is 5.97 Å². The maximum absolute atomic E-state index is 10.9. The van der Waals surface area contributed by atoms with E-state index in [-0.39, 0.29) is 17.2 Å². The Labute approximate surface area is 104 Å². The molecule has 1 rings (SSSR count). The molecule has 0 saturated carbocycles. The largest absolute Gasteiger partial charge is 0.466 e. The Morgan fingerprint density at radius 3 is 2.24 bits per heavy atom. The van der Waals surface area contributed by atoms with Gasteiger partial charge in [-0.2, -0.15) is 0 Å². The van der Waals surface area contributed by atoms with E-state index < -0.39 is 8.32 Å².